The van der Waals surface area contributed by atoms with E-state index in [1.165, 1.54) is 6.61 Å². The van der Waals surface area contributed by atoms with Gasteiger partial charge in [0.15, 0.2) is 0 Å². The maximum atomic E-state index is 4.50. The number of hydrogen-bond acceptors (Lipinski definition) is 1. The summed E-state index contributed by atoms with van der Waals surface area (Å²) in [5.41, 5.74) is 0. The Kier molecular flexibility index (Phi) is 3.89. The molecule has 0 fully saturated rings. The van der Waals surface area contributed by atoms with Gasteiger partial charge in [-0.25, -0.2) is 0 Å². The van der Waals surface area contributed by atoms with Gasteiger partial charge in [-0.1, -0.05) is 5.92 Å². The van der Waals surface area contributed by atoms with Crippen LogP contribution in [0.5, 0.6) is 0 Å². The molecular weight excluding hydrogens is 76.1 g/mol. The molecule has 0 bridgehead atoms. The van der Waals surface area contributed by atoms with Crippen LogP contribution in [0.1, 0.15) is 13.8 Å². The standard InChI is InChI=1S/C5H7O/c1-3-5-6-4-2/h4H,1-2H3. The summed E-state index contributed by atoms with van der Waals surface area (Å²) in [4.78, 5) is 0. The second-order valence-electron chi connectivity index (χ2n) is 0.706. The monoisotopic (exact) mass is 83.0 g/mol. The van der Waals surface area contributed by atoms with Crippen molar-refractivity contribution in [2.75, 3.05) is 0 Å². The molecule has 0 aliphatic carbocycles. The van der Waals surface area contributed by atoms with E-state index in [9.17, 15) is 0 Å². The van der Waals surface area contributed by atoms with Crippen LogP contribution in [0, 0.1) is 18.6 Å². The molecule has 0 aromatic carbocycles. The summed E-state index contributed by atoms with van der Waals surface area (Å²) in [5.74, 6) is 2.57. The normalized spacial score (nSPS) is 5.67. The van der Waals surface area contributed by atoms with E-state index in [0.717, 1.165) is 0 Å². The molecule has 1 heteroatoms. The molecule has 0 heterocycles. The van der Waals surface area contributed by atoms with Crippen LogP contribution in [0.4, 0.5) is 0 Å². The van der Waals surface area contributed by atoms with Gasteiger partial charge in [0, 0.05) is 6.92 Å². The average Bonchev–Trinajstić information content (AvgIpc) is 1.61. The minimum absolute atomic E-state index is 1.54. The predicted molar refractivity (Wildman–Crippen MR) is 24.5 cm³/mol. The second-order valence-corrected chi connectivity index (χ2v) is 0.706. The zero-order chi connectivity index (χ0) is 4.83. The summed E-state index contributed by atoms with van der Waals surface area (Å²) in [7, 11) is 0. The van der Waals surface area contributed by atoms with Gasteiger partial charge in [0.05, 0.1) is 0 Å². The van der Waals surface area contributed by atoms with E-state index in [4.69, 9.17) is 0 Å². The van der Waals surface area contributed by atoms with Gasteiger partial charge >= 0.3 is 0 Å². The van der Waals surface area contributed by atoms with Crippen molar-refractivity contribution >= 4 is 0 Å². The van der Waals surface area contributed by atoms with Crippen molar-refractivity contribution in [1.82, 2.24) is 0 Å². The van der Waals surface area contributed by atoms with Crippen molar-refractivity contribution in [2.45, 2.75) is 13.8 Å². The van der Waals surface area contributed by atoms with Gasteiger partial charge in [0.2, 0.25) is 0 Å². The van der Waals surface area contributed by atoms with E-state index >= 15 is 0 Å². The quantitative estimate of drug-likeness (QED) is 0.432. The lowest BCUT2D eigenvalue weighted by atomic mass is 10.8. The first-order valence-electron chi connectivity index (χ1n) is 1.77. The fourth-order valence-electron chi connectivity index (χ4n) is 0.118. The van der Waals surface area contributed by atoms with Crippen molar-refractivity contribution < 1.29 is 4.74 Å². The molecule has 0 rings (SSSR count). The van der Waals surface area contributed by atoms with Crippen LogP contribution in [0.25, 0.3) is 0 Å². The molecule has 1 nitrogen and oxygen atoms in total. The minimum Gasteiger partial charge on any atom is -0.440 e. The van der Waals surface area contributed by atoms with Crippen molar-refractivity contribution in [3.63, 3.8) is 0 Å². The van der Waals surface area contributed by atoms with Crippen LogP contribution in [0.2, 0.25) is 0 Å². The Bertz CT molecular complexity index is 65.7. The number of rotatable bonds is 1. The molecule has 1 radical (unpaired) electrons. The molecule has 0 atom stereocenters. The Hall–Kier alpha value is -0.640. The van der Waals surface area contributed by atoms with Crippen molar-refractivity contribution in [2.24, 2.45) is 0 Å². The maximum Gasteiger partial charge on any atom is 0.145 e. The summed E-state index contributed by atoms with van der Waals surface area (Å²) >= 11 is 0. The summed E-state index contributed by atoms with van der Waals surface area (Å²) in [6, 6.07) is 0. The highest BCUT2D eigenvalue weighted by molar-refractivity contribution is 4.85. The fourth-order valence-corrected chi connectivity index (χ4v) is 0.118. The first kappa shape index (κ1) is 5.36. The SMILES string of the molecule is CC#CO[CH]C. The van der Waals surface area contributed by atoms with E-state index in [2.05, 4.69) is 16.8 Å². The highest BCUT2D eigenvalue weighted by Gasteiger charge is 1.60. The molecule has 0 spiro atoms. The summed E-state index contributed by atoms with van der Waals surface area (Å²) < 4.78 is 4.50. The molecule has 0 N–H and O–H groups in total. The van der Waals surface area contributed by atoms with E-state index in [1.54, 1.807) is 13.8 Å². The third-order valence-corrected chi connectivity index (χ3v) is 0.279. The fraction of sp³-hybridized carbons (Fsp3) is 0.400. The van der Waals surface area contributed by atoms with Crippen LogP contribution in [0.15, 0.2) is 0 Å². The largest absolute Gasteiger partial charge is 0.440 e. The molecule has 0 amide bonds. The molecule has 0 aromatic heterocycles. The lowest BCUT2D eigenvalue weighted by Crippen LogP contribution is -1.65. The van der Waals surface area contributed by atoms with Crippen molar-refractivity contribution in [3.05, 3.63) is 6.61 Å². The molecule has 6 heavy (non-hydrogen) atoms. The third-order valence-electron chi connectivity index (χ3n) is 0.279. The first-order valence-corrected chi connectivity index (χ1v) is 1.77. The summed E-state index contributed by atoms with van der Waals surface area (Å²) in [6.07, 6.45) is 2.39. The zero-order valence-electron chi connectivity index (χ0n) is 3.99. The number of ether oxygens (including phenoxy) is 1. The second kappa shape index (κ2) is 4.36. The van der Waals surface area contributed by atoms with Gasteiger partial charge in [0.1, 0.15) is 12.7 Å². The minimum atomic E-state index is 1.54. The van der Waals surface area contributed by atoms with Crippen LogP contribution >= 0.6 is 0 Å². The van der Waals surface area contributed by atoms with Gasteiger partial charge < -0.3 is 4.74 Å². The molecule has 0 saturated carbocycles. The average molecular weight is 83.1 g/mol. The lowest BCUT2D eigenvalue weighted by molar-refractivity contribution is 0.375. The van der Waals surface area contributed by atoms with Crippen LogP contribution in [-0.4, -0.2) is 0 Å². The van der Waals surface area contributed by atoms with E-state index in [1.807, 2.05) is 0 Å². The van der Waals surface area contributed by atoms with Crippen LogP contribution in [-0.2, 0) is 4.74 Å². The van der Waals surface area contributed by atoms with Crippen molar-refractivity contribution in [3.8, 4) is 12.0 Å². The van der Waals surface area contributed by atoms with Crippen LogP contribution < -0.4 is 0 Å². The van der Waals surface area contributed by atoms with Gasteiger partial charge in [0.25, 0.3) is 0 Å². The van der Waals surface area contributed by atoms with E-state index < -0.39 is 0 Å². The van der Waals surface area contributed by atoms with Gasteiger partial charge in [-0.15, -0.1) is 0 Å². The molecule has 0 aliphatic rings. The Labute approximate surface area is 38.3 Å². The molecule has 0 aromatic rings. The maximum absolute atomic E-state index is 4.50. The molecule has 0 unspecified atom stereocenters. The Morgan fingerprint density at radius 1 is 1.67 bits per heavy atom. The smallest absolute Gasteiger partial charge is 0.145 e. The Morgan fingerprint density at radius 3 is 2.50 bits per heavy atom. The molecule has 0 saturated heterocycles. The number of hydrogen-bond donors (Lipinski definition) is 0. The van der Waals surface area contributed by atoms with Gasteiger partial charge in [-0.3, -0.25) is 0 Å². The topological polar surface area (TPSA) is 9.23 Å². The molecule has 33 valence electrons. The molecular formula is C5H7O. The van der Waals surface area contributed by atoms with Crippen molar-refractivity contribution in [1.29, 1.82) is 0 Å². The third kappa shape index (κ3) is 3.36. The van der Waals surface area contributed by atoms with E-state index in [0.29, 0.717) is 0 Å². The first-order chi connectivity index (χ1) is 2.91. The van der Waals surface area contributed by atoms with Gasteiger partial charge in [-0.2, -0.15) is 0 Å². The highest BCUT2D eigenvalue weighted by atomic mass is 16.5. The summed E-state index contributed by atoms with van der Waals surface area (Å²) in [5, 5.41) is 0. The van der Waals surface area contributed by atoms with E-state index in [-0.39, 0.29) is 0 Å². The molecule has 0 aliphatic heterocycles. The summed E-state index contributed by atoms with van der Waals surface area (Å²) in [6.45, 7) is 5.05. The van der Waals surface area contributed by atoms with Crippen LogP contribution in [0.3, 0.4) is 0 Å². The highest BCUT2D eigenvalue weighted by Crippen LogP contribution is 1.70. The predicted octanol–water partition coefficient (Wildman–Crippen LogP) is 1.17. The zero-order valence-corrected chi connectivity index (χ0v) is 3.99. The Morgan fingerprint density at radius 2 is 2.33 bits per heavy atom. The Balaban J connectivity index is 2.79. The lowest BCUT2D eigenvalue weighted by Gasteiger charge is -1.79. The van der Waals surface area contributed by atoms with Gasteiger partial charge in [-0.05, 0) is 6.92 Å².